The van der Waals surface area contributed by atoms with Crippen molar-refractivity contribution in [1.29, 1.82) is 0 Å². The first-order valence-corrected chi connectivity index (χ1v) is 8.16. The Hall–Kier alpha value is -3.12. The number of fused-ring (bicyclic) bond motifs is 1. The van der Waals surface area contributed by atoms with Gasteiger partial charge < -0.3 is 20.6 Å². The van der Waals surface area contributed by atoms with Crippen LogP contribution in [0.1, 0.15) is 35.3 Å². The Morgan fingerprint density at radius 2 is 1.92 bits per heavy atom. The van der Waals surface area contributed by atoms with Crippen LogP contribution in [0.3, 0.4) is 0 Å². The van der Waals surface area contributed by atoms with Gasteiger partial charge in [0.05, 0.1) is 23.9 Å². The Labute approximate surface area is 151 Å². The molecule has 0 unspecified atom stereocenters. The van der Waals surface area contributed by atoms with Crippen molar-refractivity contribution in [2.75, 3.05) is 7.11 Å². The van der Waals surface area contributed by atoms with E-state index in [1.807, 2.05) is 38.1 Å². The summed E-state index contributed by atoms with van der Waals surface area (Å²) in [7, 11) is 1.33. The third-order valence-electron chi connectivity index (χ3n) is 4.19. The first-order valence-electron chi connectivity index (χ1n) is 8.16. The number of hydrogen-bond acceptors (Lipinski definition) is 5. The summed E-state index contributed by atoms with van der Waals surface area (Å²) in [5.74, 6) is -0.440. The molecular formula is C20H21N3O3. The summed E-state index contributed by atoms with van der Waals surface area (Å²) < 4.78 is 4.71. The molecule has 0 spiro atoms. The van der Waals surface area contributed by atoms with E-state index in [1.54, 1.807) is 24.4 Å². The number of hydrogen-bond donors (Lipinski definition) is 3. The van der Waals surface area contributed by atoms with Crippen molar-refractivity contribution in [2.45, 2.75) is 19.4 Å². The van der Waals surface area contributed by atoms with Crippen LogP contribution < -0.4 is 5.73 Å². The van der Waals surface area contributed by atoms with E-state index in [0.717, 1.165) is 16.6 Å². The fraction of sp³-hybridized carbons (Fsp3) is 0.200. The van der Waals surface area contributed by atoms with E-state index in [9.17, 15) is 9.90 Å². The largest absolute Gasteiger partial charge is 0.494 e. The molecule has 26 heavy (non-hydrogen) atoms. The number of aromatic amines is 1. The van der Waals surface area contributed by atoms with Gasteiger partial charge in [-0.05, 0) is 43.7 Å². The lowest BCUT2D eigenvalue weighted by Gasteiger charge is -2.18. The fourth-order valence-electron chi connectivity index (χ4n) is 2.70. The molecule has 0 aliphatic heterocycles. The minimum atomic E-state index is -0.431. The van der Waals surface area contributed by atoms with E-state index in [1.165, 1.54) is 7.11 Å². The van der Waals surface area contributed by atoms with E-state index >= 15 is 0 Å². The summed E-state index contributed by atoms with van der Waals surface area (Å²) in [6.45, 7) is 3.88. The number of nitrogens with zero attached hydrogens (tertiary/aromatic N) is 1. The summed E-state index contributed by atoms with van der Waals surface area (Å²) in [4.78, 5) is 18.9. The molecule has 1 aromatic heterocycles. The number of aliphatic imine (C=N–C) groups is 1. The number of aromatic nitrogens is 1. The average Bonchev–Trinajstić information content (AvgIpc) is 2.93. The summed E-state index contributed by atoms with van der Waals surface area (Å²) in [5.41, 5.74) is 9.02. The van der Waals surface area contributed by atoms with Crippen molar-refractivity contribution in [3.63, 3.8) is 0 Å². The molecule has 0 saturated heterocycles. The molecule has 0 amide bonds. The average molecular weight is 351 g/mol. The molecule has 0 saturated carbocycles. The van der Waals surface area contributed by atoms with Crippen LogP contribution in [-0.2, 0) is 10.3 Å². The van der Waals surface area contributed by atoms with Gasteiger partial charge in [0.2, 0.25) is 0 Å². The van der Waals surface area contributed by atoms with Crippen LogP contribution in [0.4, 0.5) is 5.69 Å². The molecule has 0 aliphatic rings. The van der Waals surface area contributed by atoms with E-state index in [0.29, 0.717) is 16.6 Å². The smallest absolute Gasteiger partial charge is 0.337 e. The number of H-pyrrole nitrogens is 1. The molecule has 134 valence electrons. The standard InChI is InChI=1S/C20H21N3O3/c1-20(2,21)13-5-7-14(8-6-13)22-11-16-15-9-4-12(19(25)26-3)10-17(15)23-18(16)24/h4-11,23-24H,21H2,1-3H3. The van der Waals surface area contributed by atoms with Gasteiger partial charge in [0, 0.05) is 22.7 Å². The Bertz CT molecular complexity index is 980. The lowest BCUT2D eigenvalue weighted by Crippen LogP contribution is -2.28. The van der Waals surface area contributed by atoms with Gasteiger partial charge in [0.15, 0.2) is 5.88 Å². The van der Waals surface area contributed by atoms with Gasteiger partial charge in [0.25, 0.3) is 0 Å². The van der Waals surface area contributed by atoms with Gasteiger partial charge in [-0.2, -0.15) is 0 Å². The molecule has 0 atom stereocenters. The minimum absolute atomic E-state index is 0.00882. The van der Waals surface area contributed by atoms with Crippen LogP contribution in [0.2, 0.25) is 0 Å². The summed E-state index contributed by atoms with van der Waals surface area (Å²) in [6, 6.07) is 12.7. The fourth-order valence-corrected chi connectivity index (χ4v) is 2.70. The van der Waals surface area contributed by atoms with Gasteiger partial charge in [-0.3, -0.25) is 4.99 Å². The molecule has 6 heteroatoms. The molecule has 0 bridgehead atoms. The number of methoxy groups -OCH3 is 1. The molecule has 4 N–H and O–H groups in total. The number of esters is 1. The molecule has 1 heterocycles. The van der Waals surface area contributed by atoms with Crippen molar-refractivity contribution >= 4 is 28.8 Å². The van der Waals surface area contributed by atoms with E-state index in [4.69, 9.17) is 10.5 Å². The number of ether oxygens (including phenoxy) is 1. The van der Waals surface area contributed by atoms with Crippen LogP contribution >= 0.6 is 0 Å². The zero-order chi connectivity index (χ0) is 18.9. The van der Waals surface area contributed by atoms with Crippen LogP contribution in [-0.4, -0.2) is 29.4 Å². The van der Waals surface area contributed by atoms with Crippen LogP contribution in [0.25, 0.3) is 10.9 Å². The van der Waals surface area contributed by atoms with Crippen LogP contribution in [0.5, 0.6) is 5.88 Å². The predicted octanol–water partition coefficient (Wildman–Crippen LogP) is 3.60. The molecule has 3 rings (SSSR count). The number of carbonyl (C=O) groups is 1. The second kappa shape index (κ2) is 6.65. The molecule has 3 aromatic rings. The zero-order valence-electron chi connectivity index (χ0n) is 14.9. The predicted molar refractivity (Wildman–Crippen MR) is 102 cm³/mol. The highest BCUT2D eigenvalue weighted by Gasteiger charge is 2.14. The Kier molecular flexibility index (Phi) is 4.52. The second-order valence-electron chi connectivity index (χ2n) is 6.67. The number of nitrogens with one attached hydrogen (secondary N) is 1. The lowest BCUT2D eigenvalue weighted by molar-refractivity contribution is 0.0601. The number of rotatable bonds is 4. The van der Waals surface area contributed by atoms with Crippen molar-refractivity contribution in [2.24, 2.45) is 10.7 Å². The monoisotopic (exact) mass is 351 g/mol. The summed E-state index contributed by atoms with van der Waals surface area (Å²) in [5, 5.41) is 10.9. The quantitative estimate of drug-likeness (QED) is 0.494. The Morgan fingerprint density at radius 1 is 1.23 bits per heavy atom. The highest BCUT2D eigenvalue weighted by molar-refractivity contribution is 6.04. The zero-order valence-corrected chi connectivity index (χ0v) is 14.9. The first kappa shape index (κ1) is 17.7. The molecular weight excluding hydrogens is 330 g/mol. The van der Waals surface area contributed by atoms with E-state index in [-0.39, 0.29) is 5.88 Å². The lowest BCUT2D eigenvalue weighted by atomic mass is 9.96. The Morgan fingerprint density at radius 3 is 2.54 bits per heavy atom. The van der Waals surface area contributed by atoms with Gasteiger partial charge in [-0.25, -0.2) is 4.79 Å². The maximum atomic E-state index is 11.6. The normalized spacial score (nSPS) is 12.0. The molecule has 0 fully saturated rings. The third-order valence-corrected chi connectivity index (χ3v) is 4.19. The summed E-state index contributed by atoms with van der Waals surface area (Å²) in [6.07, 6.45) is 1.59. The van der Waals surface area contributed by atoms with E-state index in [2.05, 4.69) is 9.98 Å². The molecule has 6 nitrogen and oxygen atoms in total. The number of carbonyl (C=O) groups excluding carboxylic acids is 1. The summed E-state index contributed by atoms with van der Waals surface area (Å²) >= 11 is 0. The molecule has 0 radical (unpaired) electrons. The van der Waals surface area contributed by atoms with Crippen LogP contribution in [0.15, 0.2) is 47.5 Å². The van der Waals surface area contributed by atoms with Gasteiger partial charge >= 0.3 is 5.97 Å². The number of aromatic hydroxyl groups is 1. The van der Waals surface area contributed by atoms with Gasteiger partial charge in [0.1, 0.15) is 0 Å². The first-order chi connectivity index (χ1) is 12.3. The van der Waals surface area contributed by atoms with E-state index < -0.39 is 11.5 Å². The van der Waals surface area contributed by atoms with Crippen molar-refractivity contribution < 1.29 is 14.6 Å². The highest BCUT2D eigenvalue weighted by atomic mass is 16.5. The van der Waals surface area contributed by atoms with Gasteiger partial charge in [-0.1, -0.05) is 18.2 Å². The minimum Gasteiger partial charge on any atom is -0.494 e. The molecule has 0 aliphatic carbocycles. The Balaban J connectivity index is 1.92. The maximum Gasteiger partial charge on any atom is 0.337 e. The highest BCUT2D eigenvalue weighted by Crippen LogP contribution is 2.28. The topological polar surface area (TPSA) is 101 Å². The number of nitrogens with two attached hydrogens (primary N) is 1. The van der Waals surface area contributed by atoms with Crippen molar-refractivity contribution in [3.05, 3.63) is 59.2 Å². The van der Waals surface area contributed by atoms with Gasteiger partial charge in [-0.15, -0.1) is 0 Å². The number of benzene rings is 2. The SMILES string of the molecule is COC(=O)c1ccc2c(C=Nc3ccc(C(C)(C)N)cc3)c(O)[nH]c2c1. The maximum absolute atomic E-state index is 11.6. The third kappa shape index (κ3) is 3.45. The van der Waals surface area contributed by atoms with Crippen molar-refractivity contribution in [3.8, 4) is 5.88 Å². The van der Waals surface area contributed by atoms with Crippen LogP contribution in [0, 0.1) is 0 Å². The molecule has 2 aromatic carbocycles. The second-order valence-corrected chi connectivity index (χ2v) is 6.67. The van der Waals surface area contributed by atoms with Crippen molar-refractivity contribution in [1.82, 2.24) is 4.98 Å².